The number of hydrogen-bond donors (Lipinski definition) is 1. The number of aliphatic hydroxyl groups excluding tert-OH is 1. The van der Waals surface area contributed by atoms with Gasteiger partial charge < -0.3 is 14.7 Å². The van der Waals surface area contributed by atoms with E-state index in [-0.39, 0.29) is 28.4 Å². The average molecular weight is 454 g/mol. The molecule has 1 aliphatic heterocycles. The first kappa shape index (κ1) is 24.6. The molecule has 1 unspecified atom stereocenters. The number of amides is 1. The van der Waals surface area contributed by atoms with Crippen LogP contribution in [0.5, 0.6) is 0 Å². The summed E-state index contributed by atoms with van der Waals surface area (Å²) in [5.41, 5.74) is 2.10. The highest BCUT2D eigenvalue weighted by Crippen LogP contribution is 2.40. The van der Waals surface area contributed by atoms with Gasteiger partial charge in [-0.25, -0.2) is 4.39 Å². The zero-order valence-corrected chi connectivity index (χ0v) is 19.9. The van der Waals surface area contributed by atoms with Crippen LogP contribution in [0, 0.1) is 5.82 Å². The van der Waals surface area contributed by atoms with Crippen molar-refractivity contribution in [3.63, 3.8) is 0 Å². The number of rotatable bonds is 7. The van der Waals surface area contributed by atoms with Crippen LogP contribution in [0.1, 0.15) is 63.8 Å². The van der Waals surface area contributed by atoms with Gasteiger partial charge in [-0.1, -0.05) is 45.0 Å². The summed E-state index contributed by atoms with van der Waals surface area (Å²) >= 11 is 0. The third-order valence-corrected chi connectivity index (χ3v) is 5.74. The van der Waals surface area contributed by atoms with Gasteiger partial charge >= 0.3 is 0 Å². The smallest absolute Gasteiger partial charge is 0.295 e. The second kappa shape index (κ2) is 9.87. The second-order valence-electron chi connectivity index (χ2n) is 9.64. The van der Waals surface area contributed by atoms with Crippen LogP contribution in [0.25, 0.3) is 5.76 Å². The van der Waals surface area contributed by atoms with Gasteiger partial charge in [0.1, 0.15) is 11.6 Å². The van der Waals surface area contributed by atoms with Crippen LogP contribution in [0.15, 0.2) is 54.1 Å². The lowest BCUT2D eigenvalue weighted by atomic mass is 9.85. The number of hydrogen-bond acceptors (Lipinski definition) is 4. The first-order chi connectivity index (χ1) is 15.5. The Morgan fingerprint density at radius 2 is 1.67 bits per heavy atom. The minimum absolute atomic E-state index is 0.0138. The van der Waals surface area contributed by atoms with Gasteiger partial charge in [-0.05, 0) is 61.1 Å². The van der Waals surface area contributed by atoms with Crippen LogP contribution < -0.4 is 0 Å². The maximum atomic E-state index is 13.4. The molecule has 0 bridgehead atoms. The van der Waals surface area contributed by atoms with Crippen molar-refractivity contribution in [3.05, 3.63) is 76.6 Å². The van der Waals surface area contributed by atoms with Gasteiger partial charge in [0, 0.05) is 18.7 Å². The maximum absolute atomic E-state index is 13.4. The van der Waals surface area contributed by atoms with E-state index in [0.717, 1.165) is 11.1 Å². The van der Waals surface area contributed by atoms with Crippen LogP contribution in [0.3, 0.4) is 0 Å². The number of benzene rings is 2. The lowest BCUT2D eigenvalue weighted by Crippen LogP contribution is -2.31. The minimum atomic E-state index is -0.744. The summed E-state index contributed by atoms with van der Waals surface area (Å²) < 4.78 is 19.0. The van der Waals surface area contributed by atoms with E-state index in [9.17, 15) is 19.1 Å². The Morgan fingerprint density at radius 1 is 1.06 bits per heavy atom. The Bertz CT molecular complexity index is 1030. The quantitative estimate of drug-likeness (QED) is 0.265. The summed E-state index contributed by atoms with van der Waals surface area (Å²) in [6, 6.07) is 12.2. The van der Waals surface area contributed by atoms with Crippen molar-refractivity contribution in [1.29, 1.82) is 0 Å². The summed E-state index contributed by atoms with van der Waals surface area (Å²) in [5.74, 6) is -2.16. The van der Waals surface area contributed by atoms with Gasteiger partial charge in [0.25, 0.3) is 11.7 Å². The number of carbonyl (C=O) groups excluding carboxylic acids is 2. The molecular weight excluding hydrogens is 421 g/mol. The van der Waals surface area contributed by atoms with E-state index >= 15 is 0 Å². The van der Waals surface area contributed by atoms with Crippen molar-refractivity contribution in [1.82, 2.24) is 4.90 Å². The van der Waals surface area contributed by atoms with E-state index in [0.29, 0.717) is 19.6 Å². The van der Waals surface area contributed by atoms with Crippen molar-refractivity contribution >= 4 is 17.4 Å². The highest BCUT2D eigenvalue weighted by Gasteiger charge is 2.45. The number of ether oxygens (including phenoxy) is 1. The van der Waals surface area contributed by atoms with E-state index in [1.54, 1.807) is 0 Å². The zero-order valence-electron chi connectivity index (χ0n) is 19.9. The summed E-state index contributed by atoms with van der Waals surface area (Å²) in [6.45, 7) is 11.0. The zero-order chi connectivity index (χ0) is 24.3. The lowest BCUT2D eigenvalue weighted by molar-refractivity contribution is -0.140. The molecule has 1 aliphatic rings. The number of ketones is 1. The Morgan fingerprint density at radius 3 is 2.21 bits per heavy atom. The molecule has 6 heteroatoms. The lowest BCUT2D eigenvalue weighted by Gasteiger charge is -2.26. The monoisotopic (exact) mass is 453 g/mol. The van der Waals surface area contributed by atoms with Gasteiger partial charge in [-0.2, -0.15) is 0 Å². The minimum Gasteiger partial charge on any atom is -0.507 e. The van der Waals surface area contributed by atoms with Crippen LogP contribution >= 0.6 is 0 Å². The van der Waals surface area contributed by atoms with Crippen LogP contribution in [-0.4, -0.2) is 41.0 Å². The fraction of sp³-hybridized carbons (Fsp3) is 0.407. The predicted molar refractivity (Wildman–Crippen MR) is 126 cm³/mol. The van der Waals surface area contributed by atoms with E-state index in [1.807, 2.05) is 38.1 Å². The highest BCUT2D eigenvalue weighted by atomic mass is 19.1. The molecule has 0 radical (unpaired) electrons. The molecule has 2 aromatic rings. The van der Waals surface area contributed by atoms with E-state index in [1.165, 1.54) is 29.2 Å². The first-order valence-corrected chi connectivity index (χ1v) is 11.3. The summed E-state index contributed by atoms with van der Waals surface area (Å²) in [6.07, 6.45) is 0.623. The number of halogens is 1. The van der Waals surface area contributed by atoms with Gasteiger partial charge in [-0.15, -0.1) is 0 Å². The molecule has 176 valence electrons. The molecule has 0 saturated carbocycles. The third-order valence-electron chi connectivity index (χ3n) is 5.74. The molecular formula is C27H32FNO4. The molecule has 0 aromatic heterocycles. The van der Waals surface area contributed by atoms with Crippen molar-refractivity contribution in [2.75, 3.05) is 13.2 Å². The van der Waals surface area contributed by atoms with Crippen molar-refractivity contribution in [2.45, 2.75) is 58.6 Å². The Balaban J connectivity index is 2.04. The molecule has 1 fully saturated rings. The van der Waals surface area contributed by atoms with Crippen molar-refractivity contribution in [2.24, 2.45) is 0 Å². The topological polar surface area (TPSA) is 66.8 Å². The largest absolute Gasteiger partial charge is 0.507 e. The number of aliphatic hydroxyl groups is 1. The SMILES string of the molecule is CC(C)OCCCN1C(=O)C(=O)/C(=C(\O)c2ccc(F)cc2)C1c1ccc(C(C)(C)C)cc1. The molecule has 1 saturated heterocycles. The molecule has 0 aliphatic carbocycles. The Hall–Kier alpha value is -2.99. The number of likely N-dealkylation sites (tertiary alicyclic amines) is 1. The number of carbonyl (C=O) groups is 2. The average Bonchev–Trinajstić information content (AvgIpc) is 3.01. The van der Waals surface area contributed by atoms with Crippen molar-refractivity contribution < 1.29 is 23.8 Å². The molecule has 1 N–H and O–H groups in total. The molecule has 5 nitrogen and oxygen atoms in total. The molecule has 0 spiro atoms. The standard InChI is InChI=1S/C27H32FNO4/c1-17(2)33-16-6-15-29-23(18-7-11-20(12-8-18)27(3,4)5)22(25(31)26(29)32)24(30)19-9-13-21(28)14-10-19/h7-14,17,23,30H,6,15-16H2,1-5H3/b24-22-. The Labute approximate surface area is 194 Å². The van der Waals surface area contributed by atoms with Gasteiger partial charge in [-0.3, -0.25) is 9.59 Å². The van der Waals surface area contributed by atoms with Crippen molar-refractivity contribution in [3.8, 4) is 0 Å². The predicted octanol–water partition coefficient (Wildman–Crippen LogP) is 5.36. The number of nitrogens with zero attached hydrogens (tertiary/aromatic N) is 1. The summed E-state index contributed by atoms with van der Waals surface area (Å²) in [5, 5.41) is 11.0. The van der Waals surface area contributed by atoms with E-state index < -0.39 is 23.5 Å². The van der Waals surface area contributed by atoms with Gasteiger partial charge in [0.15, 0.2) is 0 Å². The van der Waals surface area contributed by atoms with Gasteiger partial charge in [0.05, 0.1) is 17.7 Å². The number of Topliss-reactive ketones (excluding diaryl/α,β-unsaturated/α-hetero) is 1. The fourth-order valence-corrected chi connectivity index (χ4v) is 3.94. The molecule has 1 amide bonds. The van der Waals surface area contributed by atoms with Gasteiger partial charge in [0.2, 0.25) is 0 Å². The molecule has 2 aromatic carbocycles. The third kappa shape index (κ3) is 5.50. The van der Waals surface area contributed by atoms with E-state index in [4.69, 9.17) is 4.74 Å². The van der Waals surface area contributed by atoms with Crippen LogP contribution in [-0.2, 0) is 19.7 Å². The normalized spacial score (nSPS) is 18.4. The maximum Gasteiger partial charge on any atom is 0.295 e. The molecule has 1 atom stereocenters. The fourth-order valence-electron chi connectivity index (χ4n) is 3.94. The molecule has 1 heterocycles. The van der Waals surface area contributed by atoms with Crippen LogP contribution in [0.2, 0.25) is 0 Å². The highest BCUT2D eigenvalue weighted by molar-refractivity contribution is 6.46. The van der Waals surface area contributed by atoms with Crippen LogP contribution in [0.4, 0.5) is 4.39 Å². The summed E-state index contributed by atoms with van der Waals surface area (Å²) in [4.78, 5) is 27.5. The second-order valence-corrected chi connectivity index (χ2v) is 9.64. The molecule has 33 heavy (non-hydrogen) atoms. The first-order valence-electron chi connectivity index (χ1n) is 11.3. The van der Waals surface area contributed by atoms with E-state index in [2.05, 4.69) is 20.8 Å². The summed E-state index contributed by atoms with van der Waals surface area (Å²) in [7, 11) is 0. The molecule has 3 rings (SSSR count). The Kier molecular flexibility index (Phi) is 7.38.